The maximum atomic E-state index is 11.6. The molecule has 2 rings (SSSR count). The van der Waals surface area contributed by atoms with Crippen LogP contribution < -0.4 is 10.9 Å². The first-order valence-electron chi connectivity index (χ1n) is 4.56. The van der Waals surface area contributed by atoms with Crippen LogP contribution in [0.4, 0.5) is 0 Å². The van der Waals surface area contributed by atoms with Gasteiger partial charge in [0.1, 0.15) is 0 Å². The summed E-state index contributed by atoms with van der Waals surface area (Å²) in [6.07, 6.45) is 0. The van der Waals surface area contributed by atoms with E-state index in [4.69, 9.17) is 11.6 Å². The molecule has 0 aliphatic carbocycles. The number of carbonyl (C=O) groups excluding carboxylic acids is 2. The van der Waals surface area contributed by atoms with Crippen molar-refractivity contribution >= 4 is 46.1 Å². The number of amides is 2. The van der Waals surface area contributed by atoms with Crippen molar-refractivity contribution in [1.82, 2.24) is 10.9 Å². The number of thiophene rings is 2. The Morgan fingerprint density at radius 3 is 2.29 bits per heavy atom. The van der Waals surface area contributed by atoms with Crippen molar-refractivity contribution in [2.45, 2.75) is 0 Å². The fourth-order valence-electron chi connectivity index (χ4n) is 1.08. The van der Waals surface area contributed by atoms with E-state index in [0.29, 0.717) is 14.1 Å². The van der Waals surface area contributed by atoms with Crippen molar-refractivity contribution < 1.29 is 9.59 Å². The van der Waals surface area contributed by atoms with Crippen molar-refractivity contribution in [2.24, 2.45) is 0 Å². The molecule has 0 aliphatic rings. The second kappa shape index (κ2) is 5.31. The first-order chi connectivity index (χ1) is 8.16. The van der Waals surface area contributed by atoms with E-state index in [0.717, 1.165) is 11.3 Å². The van der Waals surface area contributed by atoms with Crippen molar-refractivity contribution in [3.05, 3.63) is 43.7 Å². The summed E-state index contributed by atoms with van der Waals surface area (Å²) in [6, 6.07) is 6.66. The number of nitrogens with one attached hydrogen (secondary N) is 2. The third-order valence-corrected chi connectivity index (χ3v) is 3.93. The van der Waals surface area contributed by atoms with Gasteiger partial charge >= 0.3 is 0 Å². The SMILES string of the molecule is O=C(NNC(=O)c1ccc(Cl)s1)c1cccs1. The second-order valence-electron chi connectivity index (χ2n) is 2.99. The van der Waals surface area contributed by atoms with Crippen LogP contribution >= 0.6 is 34.3 Å². The molecule has 0 unspecified atom stereocenters. The van der Waals surface area contributed by atoms with Crippen LogP contribution in [0.1, 0.15) is 19.3 Å². The molecule has 88 valence electrons. The van der Waals surface area contributed by atoms with E-state index in [9.17, 15) is 9.59 Å². The number of hydrogen-bond donors (Lipinski definition) is 2. The summed E-state index contributed by atoms with van der Waals surface area (Å²) in [5.41, 5.74) is 4.65. The number of halogens is 1. The van der Waals surface area contributed by atoms with Gasteiger partial charge in [0.25, 0.3) is 11.8 Å². The molecule has 2 N–H and O–H groups in total. The molecule has 7 heteroatoms. The quantitative estimate of drug-likeness (QED) is 0.834. The van der Waals surface area contributed by atoms with Gasteiger partial charge in [-0.05, 0) is 23.6 Å². The fourth-order valence-corrected chi connectivity index (χ4v) is 2.64. The van der Waals surface area contributed by atoms with Gasteiger partial charge < -0.3 is 0 Å². The van der Waals surface area contributed by atoms with E-state index >= 15 is 0 Å². The predicted octanol–water partition coefficient (Wildman–Crippen LogP) is 2.54. The van der Waals surface area contributed by atoms with Crippen LogP contribution in [0.2, 0.25) is 4.34 Å². The van der Waals surface area contributed by atoms with Crippen molar-refractivity contribution in [3.8, 4) is 0 Å². The molecule has 0 fully saturated rings. The molecule has 2 aromatic heterocycles. The monoisotopic (exact) mass is 286 g/mol. The Morgan fingerprint density at radius 1 is 1.06 bits per heavy atom. The van der Waals surface area contributed by atoms with Gasteiger partial charge in [-0.3, -0.25) is 20.4 Å². The van der Waals surface area contributed by atoms with Crippen LogP contribution in [0.15, 0.2) is 29.6 Å². The lowest BCUT2D eigenvalue weighted by molar-refractivity contribution is 0.0851. The molecule has 2 heterocycles. The molecule has 0 saturated carbocycles. The lowest BCUT2D eigenvalue weighted by Gasteiger charge is -2.04. The lowest BCUT2D eigenvalue weighted by atomic mass is 10.4. The third-order valence-electron chi connectivity index (χ3n) is 1.83. The van der Waals surface area contributed by atoms with E-state index in [1.807, 2.05) is 0 Å². The number of carbonyl (C=O) groups is 2. The Bertz CT molecular complexity index is 536. The van der Waals surface area contributed by atoms with Gasteiger partial charge in [0.2, 0.25) is 0 Å². The summed E-state index contributed by atoms with van der Waals surface area (Å²) in [5, 5.41) is 1.79. The summed E-state index contributed by atoms with van der Waals surface area (Å²) < 4.78 is 0.528. The largest absolute Gasteiger partial charge is 0.279 e. The summed E-state index contributed by atoms with van der Waals surface area (Å²) in [4.78, 5) is 24.1. The molecule has 0 saturated heterocycles. The van der Waals surface area contributed by atoms with Gasteiger partial charge in [0.05, 0.1) is 14.1 Å². The average molecular weight is 287 g/mol. The van der Waals surface area contributed by atoms with Crippen LogP contribution in [0, 0.1) is 0 Å². The minimum absolute atomic E-state index is 0.337. The molecule has 2 amide bonds. The zero-order chi connectivity index (χ0) is 12.3. The van der Waals surface area contributed by atoms with Crippen molar-refractivity contribution in [3.63, 3.8) is 0 Å². The van der Waals surface area contributed by atoms with Crippen LogP contribution in [-0.2, 0) is 0 Å². The predicted molar refractivity (Wildman–Crippen MR) is 68.6 cm³/mol. The fraction of sp³-hybridized carbons (Fsp3) is 0. The summed E-state index contributed by atoms with van der Waals surface area (Å²) in [7, 11) is 0. The summed E-state index contributed by atoms with van der Waals surface area (Å²) >= 11 is 8.15. The zero-order valence-electron chi connectivity index (χ0n) is 8.40. The lowest BCUT2D eigenvalue weighted by Crippen LogP contribution is -2.41. The second-order valence-corrected chi connectivity index (χ2v) is 5.65. The molecule has 4 nitrogen and oxygen atoms in total. The smallest absolute Gasteiger partial charge is 0.266 e. The van der Waals surface area contributed by atoms with Crippen LogP contribution in [0.3, 0.4) is 0 Å². The maximum absolute atomic E-state index is 11.6. The average Bonchev–Trinajstić information content (AvgIpc) is 2.95. The van der Waals surface area contributed by atoms with Crippen LogP contribution in [0.25, 0.3) is 0 Å². The first kappa shape index (κ1) is 12.1. The molecular formula is C10H7ClN2O2S2. The Hall–Kier alpha value is -1.37. The molecule has 0 aliphatic heterocycles. The molecule has 0 bridgehead atoms. The van der Waals surface area contributed by atoms with E-state index in [1.54, 1.807) is 29.6 Å². The van der Waals surface area contributed by atoms with Gasteiger partial charge in [-0.2, -0.15) is 0 Å². The van der Waals surface area contributed by atoms with Crippen molar-refractivity contribution in [1.29, 1.82) is 0 Å². The molecule has 17 heavy (non-hydrogen) atoms. The van der Waals surface area contributed by atoms with Crippen LogP contribution in [0.5, 0.6) is 0 Å². The summed E-state index contributed by atoms with van der Waals surface area (Å²) in [5.74, 6) is -0.720. The Balaban J connectivity index is 1.91. The highest BCUT2D eigenvalue weighted by atomic mass is 35.5. The van der Waals surface area contributed by atoms with E-state index in [-0.39, 0.29) is 11.8 Å². The van der Waals surface area contributed by atoms with Gasteiger partial charge in [-0.1, -0.05) is 17.7 Å². The minimum atomic E-state index is -0.383. The van der Waals surface area contributed by atoms with Crippen LogP contribution in [-0.4, -0.2) is 11.8 Å². The standard InChI is InChI=1S/C10H7ClN2O2S2/c11-8-4-3-7(17-8)10(15)13-12-9(14)6-2-1-5-16-6/h1-5H,(H,12,14)(H,13,15). The Labute approximate surface area is 110 Å². The molecule has 0 radical (unpaired) electrons. The van der Waals surface area contributed by atoms with Gasteiger partial charge in [-0.15, -0.1) is 22.7 Å². The van der Waals surface area contributed by atoms with Crippen molar-refractivity contribution in [2.75, 3.05) is 0 Å². The maximum Gasteiger partial charge on any atom is 0.279 e. The highest BCUT2D eigenvalue weighted by molar-refractivity contribution is 7.18. The molecule has 0 spiro atoms. The van der Waals surface area contributed by atoms with Gasteiger partial charge in [0, 0.05) is 0 Å². The van der Waals surface area contributed by atoms with E-state index in [1.165, 1.54) is 11.3 Å². The minimum Gasteiger partial charge on any atom is -0.266 e. The topological polar surface area (TPSA) is 58.2 Å². The highest BCUT2D eigenvalue weighted by Gasteiger charge is 2.11. The Morgan fingerprint density at radius 2 is 1.76 bits per heavy atom. The van der Waals surface area contributed by atoms with Gasteiger partial charge in [0.15, 0.2) is 0 Å². The third kappa shape index (κ3) is 3.06. The number of rotatable bonds is 2. The van der Waals surface area contributed by atoms with E-state index < -0.39 is 0 Å². The highest BCUT2D eigenvalue weighted by Crippen LogP contribution is 2.20. The number of hydrazine groups is 1. The Kier molecular flexibility index (Phi) is 3.78. The zero-order valence-corrected chi connectivity index (χ0v) is 10.8. The number of hydrogen-bond acceptors (Lipinski definition) is 4. The molecule has 0 aromatic carbocycles. The normalized spacial score (nSPS) is 9.94. The molecule has 0 atom stereocenters. The van der Waals surface area contributed by atoms with E-state index in [2.05, 4.69) is 10.9 Å². The summed E-state index contributed by atoms with van der Waals surface area (Å²) in [6.45, 7) is 0. The molecule has 2 aromatic rings. The molecular weight excluding hydrogens is 280 g/mol. The van der Waals surface area contributed by atoms with Gasteiger partial charge in [-0.25, -0.2) is 0 Å². The first-order valence-corrected chi connectivity index (χ1v) is 6.64.